The van der Waals surface area contributed by atoms with Crippen molar-refractivity contribution in [1.82, 2.24) is 15.0 Å². The van der Waals surface area contributed by atoms with E-state index in [1.165, 1.54) is 0 Å². The molecule has 5 heteroatoms. The summed E-state index contributed by atoms with van der Waals surface area (Å²) in [5, 5.41) is 2.16. The largest absolute Gasteiger partial charge is 0.337 e. The number of halogens is 2. The third-order valence-corrected chi connectivity index (χ3v) is 6.84. The van der Waals surface area contributed by atoms with E-state index in [9.17, 15) is 0 Å². The van der Waals surface area contributed by atoms with Crippen LogP contribution in [0.3, 0.4) is 0 Å². The Balaban J connectivity index is 1.67. The number of benzene rings is 4. The lowest BCUT2D eigenvalue weighted by molar-refractivity contribution is 1.32. The molecule has 2 aromatic heterocycles. The van der Waals surface area contributed by atoms with Crippen LogP contribution in [0.4, 0.5) is 0 Å². The number of aromatic amines is 1. The maximum absolute atomic E-state index is 5.17. The zero-order chi connectivity index (χ0) is 22.4. The molecule has 4 aromatic carbocycles. The Kier molecular flexibility index (Phi) is 5.08. The Morgan fingerprint density at radius 2 is 1.06 bits per heavy atom. The van der Waals surface area contributed by atoms with Crippen LogP contribution >= 0.6 is 31.9 Å². The number of rotatable bonds is 3. The third-order valence-electron chi connectivity index (χ3n) is 5.78. The van der Waals surface area contributed by atoms with Gasteiger partial charge in [0.2, 0.25) is 0 Å². The van der Waals surface area contributed by atoms with Crippen molar-refractivity contribution in [2.75, 3.05) is 0 Å². The highest BCUT2D eigenvalue weighted by Crippen LogP contribution is 2.38. The Hall–Kier alpha value is -3.28. The van der Waals surface area contributed by atoms with E-state index >= 15 is 0 Å². The fraction of sp³-hybridized carbons (Fsp3) is 0. The first-order valence-corrected chi connectivity index (χ1v) is 12.2. The molecule has 33 heavy (non-hydrogen) atoms. The van der Waals surface area contributed by atoms with Gasteiger partial charge in [-0.1, -0.05) is 92.5 Å². The second kappa shape index (κ2) is 8.25. The lowest BCUT2D eigenvalue weighted by Gasteiger charge is -2.08. The average molecular weight is 555 g/mol. The van der Waals surface area contributed by atoms with Crippen LogP contribution < -0.4 is 0 Å². The van der Waals surface area contributed by atoms with Gasteiger partial charge in [0.25, 0.3) is 0 Å². The van der Waals surface area contributed by atoms with Crippen LogP contribution in [-0.2, 0) is 0 Å². The first kappa shape index (κ1) is 20.3. The van der Waals surface area contributed by atoms with Gasteiger partial charge in [-0.2, -0.15) is 0 Å². The molecule has 0 bridgehead atoms. The van der Waals surface area contributed by atoms with Crippen LogP contribution in [0.2, 0.25) is 0 Å². The van der Waals surface area contributed by atoms with E-state index in [1.807, 2.05) is 24.3 Å². The van der Waals surface area contributed by atoms with E-state index in [0.29, 0.717) is 0 Å². The van der Waals surface area contributed by atoms with Crippen LogP contribution in [0.25, 0.3) is 55.7 Å². The van der Waals surface area contributed by atoms with Crippen molar-refractivity contribution in [3.63, 3.8) is 0 Å². The molecule has 0 unspecified atom stereocenters. The van der Waals surface area contributed by atoms with E-state index in [2.05, 4.69) is 110 Å². The minimum atomic E-state index is 0.834. The quantitative estimate of drug-likeness (QED) is 0.222. The molecule has 0 spiro atoms. The van der Waals surface area contributed by atoms with Gasteiger partial charge in [-0.15, -0.1) is 0 Å². The number of hydrogen-bond acceptors (Lipinski definition) is 2. The molecule has 0 aliphatic carbocycles. The van der Waals surface area contributed by atoms with E-state index in [4.69, 9.17) is 9.97 Å². The monoisotopic (exact) mass is 553 g/mol. The van der Waals surface area contributed by atoms with Crippen molar-refractivity contribution >= 4 is 53.7 Å². The van der Waals surface area contributed by atoms with Gasteiger partial charge in [0.15, 0.2) is 0 Å². The zero-order valence-corrected chi connectivity index (χ0v) is 20.6. The van der Waals surface area contributed by atoms with Crippen LogP contribution in [0.15, 0.2) is 106 Å². The van der Waals surface area contributed by atoms with Gasteiger partial charge in [-0.05, 0) is 36.4 Å². The summed E-state index contributed by atoms with van der Waals surface area (Å²) in [5.74, 6) is 0.834. The summed E-state index contributed by atoms with van der Waals surface area (Å²) in [6.45, 7) is 0. The highest BCUT2D eigenvalue weighted by molar-refractivity contribution is 9.10. The minimum Gasteiger partial charge on any atom is -0.337 e. The number of para-hydroxylation sites is 2. The number of nitrogens with zero attached hydrogens (tertiary/aromatic N) is 2. The molecule has 2 heterocycles. The van der Waals surface area contributed by atoms with Crippen molar-refractivity contribution in [1.29, 1.82) is 0 Å². The maximum atomic E-state index is 5.17. The number of aromatic nitrogens is 3. The minimum absolute atomic E-state index is 0.834. The fourth-order valence-corrected chi connectivity index (χ4v) is 4.76. The summed E-state index contributed by atoms with van der Waals surface area (Å²) in [4.78, 5) is 13.7. The van der Waals surface area contributed by atoms with Gasteiger partial charge in [0.1, 0.15) is 5.82 Å². The predicted molar refractivity (Wildman–Crippen MR) is 143 cm³/mol. The van der Waals surface area contributed by atoms with E-state index < -0.39 is 0 Å². The molecule has 0 saturated heterocycles. The molecule has 0 atom stereocenters. The van der Waals surface area contributed by atoms with Gasteiger partial charge in [-0.3, -0.25) is 0 Å². The Labute approximate surface area is 207 Å². The number of nitrogens with one attached hydrogen (secondary N) is 1. The predicted octanol–water partition coefficient (Wildman–Crippen LogP) is 8.64. The van der Waals surface area contributed by atoms with Gasteiger partial charge in [0, 0.05) is 36.4 Å². The SMILES string of the molecule is Brc1ccc(-c2nc(-c3c4ccccc4nc4ccccc34)[nH]c2-c2ccc(Br)cc2)cc1. The van der Waals surface area contributed by atoms with Crippen LogP contribution in [0, 0.1) is 0 Å². The molecule has 6 aromatic rings. The Morgan fingerprint density at radius 1 is 0.545 bits per heavy atom. The van der Waals surface area contributed by atoms with Crippen molar-refractivity contribution in [2.45, 2.75) is 0 Å². The highest BCUT2D eigenvalue weighted by atomic mass is 79.9. The first-order chi connectivity index (χ1) is 16.2. The number of hydrogen-bond donors (Lipinski definition) is 1. The lowest BCUT2D eigenvalue weighted by atomic mass is 10.0. The molecule has 3 nitrogen and oxygen atoms in total. The Bertz CT molecular complexity index is 1500. The summed E-state index contributed by atoms with van der Waals surface area (Å²) >= 11 is 7.09. The standard InChI is InChI=1S/C28H17Br2N3/c29-19-13-9-17(10-14-19)26-27(18-11-15-20(30)16-12-18)33-28(32-26)25-21-5-1-3-7-23(21)31-24-8-4-2-6-22(24)25/h1-16H,(H,32,33). The van der Waals surface area contributed by atoms with E-state index in [0.717, 1.165) is 64.7 Å². The first-order valence-electron chi connectivity index (χ1n) is 10.6. The molecule has 0 saturated carbocycles. The van der Waals surface area contributed by atoms with Crippen LogP contribution in [0.1, 0.15) is 0 Å². The van der Waals surface area contributed by atoms with Gasteiger partial charge >= 0.3 is 0 Å². The zero-order valence-electron chi connectivity index (χ0n) is 17.4. The number of imidazole rings is 1. The van der Waals surface area contributed by atoms with Crippen LogP contribution in [-0.4, -0.2) is 15.0 Å². The second-order valence-corrected chi connectivity index (χ2v) is 9.68. The second-order valence-electron chi connectivity index (χ2n) is 7.84. The summed E-state index contributed by atoms with van der Waals surface area (Å²) in [6.07, 6.45) is 0. The molecule has 0 amide bonds. The molecular formula is C28H17Br2N3. The maximum Gasteiger partial charge on any atom is 0.139 e. The summed E-state index contributed by atoms with van der Waals surface area (Å²) in [6, 6.07) is 33.1. The molecule has 0 fully saturated rings. The smallest absolute Gasteiger partial charge is 0.139 e. The van der Waals surface area contributed by atoms with Crippen molar-refractivity contribution < 1.29 is 0 Å². The van der Waals surface area contributed by atoms with E-state index in [1.54, 1.807) is 0 Å². The molecule has 0 aliphatic heterocycles. The van der Waals surface area contributed by atoms with E-state index in [-0.39, 0.29) is 0 Å². The van der Waals surface area contributed by atoms with Crippen molar-refractivity contribution in [3.05, 3.63) is 106 Å². The van der Waals surface area contributed by atoms with Gasteiger partial charge < -0.3 is 4.98 Å². The van der Waals surface area contributed by atoms with Gasteiger partial charge in [0.05, 0.1) is 22.4 Å². The summed E-state index contributed by atoms with van der Waals surface area (Å²) in [5.41, 5.74) is 7.03. The topological polar surface area (TPSA) is 41.6 Å². The molecule has 158 valence electrons. The van der Waals surface area contributed by atoms with Crippen LogP contribution in [0.5, 0.6) is 0 Å². The molecule has 1 N–H and O–H groups in total. The average Bonchev–Trinajstić information content (AvgIpc) is 3.28. The summed E-state index contributed by atoms with van der Waals surface area (Å²) in [7, 11) is 0. The number of fused-ring (bicyclic) bond motifs is 2. The summed E-state index contributed by atoms with van der Waals surface area (Å²) < 4.78 is 2.08. The number of pyridine rings is 1. The fourth-order valence-electron chi connectivity index (χ4n) is 4.23. The van der Waals surface area contributed by atoms with Gasteiger partial charge in [-0.25, -0.2) is 9.97 Å². The third kappa shape index (κ3) is 3.67. The Morgan fingerprint density at radius 3 is 1.64 bits per heavy atom. The molecular weight excluding hydrogens is 538 g/mol. The van der Waals surface area contributed by atoms with Crippen molar-refractivity contribution in [2.24, 2.45) is 0 Å². The molecule has 6 rings (SSSR count). The molecule has 0 radical (unpaired) electrons. The highest BCUT2D eigenvalue weighted by Gasteiger charge is 2.19. The normalized spacial score (nSPS) is 11.3. The lowest BCUT2D eigenvalue weighted by Crippen LogP contribution is -1.90. The number of H-pyrrole nitrogens is 1. The van der Waals surface area contributed by atoms with Crippen molar-refractivity contribution in [3.8, 4) is 33.9 Å². The molecule has 0 aliphatic rings.